The summed E-state index contributed by atoms with van der Waals surface area (Å²) in [5.41, 5.74) is 9.93. The molecule has 52 heavy (non-hydrogen) atoms. The predicted molar refractivity (Wildman–Crippen MR) is 204 cm³/mol. The van der Waals surface area contributed by atoms with Gasteiger partial charge in [0.1, 0.15) is 35.0 Å². The van der Waals surface area contributed by atoms with Gasteiger partial charge in [-0.1, -0.05) is 26.0 Å². The minimum Gasteiger partial charge on any atom is -0.334 e. The fourth-order valence-electron chi connectivity index (χ4n) is 6.82. The number of carbonyl (C=O) groups excluding carboxylic acids is 1. The third-order valence-corrected chi connectivity index (χ3v) is 9.92. The lowest BCUT2D eigenvalue weighted by Gasteiger charge is -2.25. The number of rotatable bonds is 9. The standard InChI is InChI=1S/C23H25N7.C17H18N4O/c1-4-17-9-18(22(12-25)30-8-7-16(11-24)14-30)5-6-20(17)29(3)23-10-21-19(13-26-23)27-15-28(21)2;1-4-13-7-12(10-22)5-6-15(13)21(3)17-8-16-14(9-18-17)19-11-20(16)2/h5-6,9-10,13,15-16,22H,4,7-8,14H2,1-3H3;5-11H,4H2,1-3H3. The third kappa shape index (κ3) is 7.07. The SMILES string of the molecule is CCc1cc(C(C#N)N2CCC(C#N)C2)ccc1N(C)c1cc2c(cn1)ncn2C.CCc1cc(C=O)ccc1N(C)c1cc2c(cn1)ncn2C. The van der Waals surface area contributed by atoms with E-state index in [9.17, 15) is 15.3 Å². The molecular formula is C40H43N11O. The molecule has 0 bridgehead atoms. The summed E-state index contributed by atoms with van der Waals surface area (Å²) in [6, 6.07) is 20.5. The number of fused-ring (bicyclic) bond motifs is 2. The Morgan fingerprint density at radius 2 is 1.38 bits per heavy atom. The number of hydrogen-bond acceptors (Lipinski definition) is 10. The Balaban J connectivity index is 0.000000187. The molecule has 1 fully saturated rings. The van der Waals surface area contributed by atoms with Crippen LogP contribution in [0.15, 0.2) is 73.6 Å². The maximum absolute atomic E-state index is 10.9. The molecule has 6 aromatic rings. The van der Waals surface area contributed by atoms with Gasteiger partial charge in [-0.15, -0.1) is 0 Å². The maximum Gasteiger partial charge on any atom is 0.150 e. The van der Waals surface area contributed by atoms with Crippen molar-refractivity contribution in [3.8, 4) is 12.1 Å². The van der Waals surface area contributed by atoms with Gasteiger partial charge in [0.2, 0.25) is 0 Å². The Hall–Kier alpha value is -6.11. The highest BCUT2D eigenvalue weighted by molar-refractivity contribution is 5.81. The van der Waals surface area contributed by atoms with Crippen LogP contribution in [0.4, 0.5) is 23.0 Å². The normalized spacial score (nSPS) is 14.7. The van der Waals surface area contributed by atoms with E-state index in [0.717, 1.165) is 93.9 Å². The van der Waals surface area contributed by atoms with Crippen LogP contribution in [0, 0.1) is 28.6 Å². The second kappa shape index (κ2) is 15.4. The first-order valence-electron chi connectivity index (χ1n) is 17.4. The molecule has 0 N–H and O–H groups in total. The van der Waals surface area contributed by atoms with E-state index in [4.69, 9.17) is 0 Å². The molecule has 0 radical (unpaired) electrons. The molecule has 2 atom stereocenters. The molecule has 12 nitrogen and oxygen atoms in total. The predicted octanol–water partition coefficient (Wildman–Crippen LogP) is 6.82. The van der Waals surface area contributed by atoms with Crippen molar-refractivity contribution in [3.63, 3.8) is 0 Å². The van der Waals surface area contributed by atoms with Crippen LogP contribution in [0.5, 0.6) is 0 Å². The lowest BCUT2D eigenvalue weighted by molar-refractivity contribution is 0.112. The highest BCUT2D eigenvalue weighted by atomic mass is 16.1. The van der Waals surface area contributed by atoms with Crippen molar-refractivity contribution in [1.29, 1.82) is 10.5 Å². The number of carbonyl (C=O) groups is 1. The van der Waals surface area contributed by atoms with E-state index in [1.165, 1.54) is 0 Å². The van der Waals surface area contributed by atoms with Gasteiger partial charge in [0, 0.05) is 70.4 Å². The van der Waals surface area contributed by atoms with E-state index >= 15 is 0 Å². The number of benzene rings is 2. The van der Waals surface area contributed by atoms with Crippen LogP contribution in [0.1, 0.15) is 53.4 Å². The number of nitriles is 2. The van der Waals surface area contributed by atoms with Gasteiger partial charge < -0.3 is 18.9 Å². The average Bonchev–Trinajstić information content (AvgIpc) is 3.92. The molecule has 1 saturated heterocycles. The number of aryl methyl sites for hydroxylation is 4. The number of pyridine rings is 2. The summed E-state index contributed by atoms with van der Waals surface area (Å²) in [6.45, 7) is 5.65. The van der Waals surface area contributed by atoms with Gasteiger partial charge in [-0.25, -0.2) is 19.9 Å². The van der Waals surface area contributed by atoms with Gasteiger partial charge in [0.25, 0.3) is 0 Å². The van der Waals surface area contributed by atoms with Crippen molar-refractivity contribution >= 4 is 51.4 Å². The summed E-state index contributed by atoms with van der Waals surface area (Å²) in [5, 5.41) is 19.0. The summed E-state index contributed by atoms with van der Waals surface area (Å²) in [7, 11) is 7.94. The second-order valence-corrected chi connectivity index (χ2v) is 13.1. The highest BCUT2D eigenvalue weighted by Gasteiger charge is 2.29. The lowest BCUT2D eigenvalue weighted by atomic mass is 10.00. The first-order chi connectivity index (χ1) is 25.2. The topological polar surface area (TPSA) is 136 Å². The Labute approximate surface area is 304 Å². The monoisotopic (exact) mass is 693 g/mol. The Kier molecular flexibility index (Phi) is 10.6. The van der Waals surface area contributed by atoms with Gasteiger partial charge in [-0.2, -0.15) is 10.5 Å². The van der Waals surface area contributed by atoms with E-state index in [1.54, 1.807) is 25.0 Å². The van der Waals surface area contributed by atoms with Crippen molar-refractivity contribution in [2.45, 2.75) is 39.2 Å². The number of nitrogens with zero attached hydrogens (tertiary/aromatic N) is 11. The van der Waals surface area contributed by atoms with Gasteiger partial charge in [-0.3, -0.25) is 9.69 Å². The second-order valence-electron chi connectivity index (χ2n) is 13.1. The lowest BCUT2D eigenvalue weighted by Crippen LogP contribution is -2.25. The third-order valence-electron chi connectivity index (χ3n) is 9.92. The van der Waals surface area contributed by atoms with Crippen LogP contribution >= 0.6 is 0 Å². The number of likely N-dealkylation sites (tertiary alicyclic amines) is 1. The fraction of sp³-hybridized carbons (Fsp3) is 0.325. The Bertz CT molecular complexity index is 2310. The highest BCUT2D eigenvalue weighted by Crippen LogP contribution is 2.33. The van der Waals surface area contributed by atoms with E-state index < -0.39 is 0 Å². The van der Waals surface area contributed by atoms with E-state index in [0.29, 0.717) is 12.1 Å². The largest absolute Gasteiger partial charge is 0.334 e. The molecule has 2 aromatic carbocycles. The zero-order chi connectivity index (χ0) is 36.9. The minimum atomic E-state index is -0.322. The Morgan fingerprint density at radius 3 is 1.88 bits per heavy atom. The number of aldehydes is 1. The summed E-state index contributed by atoms with van der Waals surface area (Å²) >= 11 is 0. The first kappa shape index (κ1) is 35.7. The molecule has 5 heterocycles. The smallest absolute Gasteiger partial charge is 0.150 e. The number of anilines is 4. The van der Waals surface area contributed by atoms with Gasteiger partial charge in [-0.05, 0) is 60.2 Å². The molecule has 264 valence electrons. The van der Waals surface area contributed by atoms with Crippen LogP contribution in [-0.4, -0.2) is 67.4 Å². The zero-order valence-corrected chi connectivity index (χ0v) is 30.5. The molecule has 1 aliphatic rings. The average molecular weight is 694 g/mol. The number of hydrogen-bond donors (Lipinski definition) is 0. The summed E-state index contributed by atoms with van der Waals surface area (Å²) in [6.07, 6.45) is 10.6. The van der Waals surface area contributed by atoms with Crippen LogP contribution < -0.4 is 9.80 Å². The van der Waals surface area contributed by atoms with E-state index in [1.807, 2.05) is 78.6 Å². The van der Waals surface area contributed by atoms with Crippen molar-refractivity contribution < 1.29 is 4.79 Å². The number of aromatic nitrogens is 6. The molecule has 2 unspecified atom stereocenters. The van der Waals surface area contributed by atoms with Crippen molar-refractivity contribution in [1.82, 2.24) is 34.0 Å². The van der Waals surface area contributed by atoms with Crippen LogP contribution in [-0.2, 0) is 26.9 Å². The molecule has 12 heteroatoms. The fourth-order valence-corrected chi connectivity index (χ4v) is 6.82. The molecule has 4 aromatic heterocycles. The van der Waals surface area contributed by atoms with Crippen molar-refractivity contribution in [2.24, 2.45) is 20.0 Å². The molecular weight excluding hydrogens is 651 g/mol. The first-order valence-corrected chi connectivity index (χ1v) is 17.4. The zero-order valence-electron chi connectivity index (χ0n) is 30.5. The van der Waals surface area contributed by atoms with Crippen LogP contribution in [0.3, 0.4) is 0 Å². The van der Waals surface area contributed by atoms with Crippen LogP contribution in [0.2, 0.25) is 0 Å². The summed E-state index contributed by atoms with van der Waals surface area (Å²) in [4.78, 5) is 34.9. The van der Waals surface area contributed by atoms with Gasteiger partial charge in [0.05, 0.1) is 54.1 Å². The summed E-state index contributed by atoms with van der Waals surface area (Å²) in [5.74, 6) is 1.72. The van der Waals surface area contributed by atoms with Crippen molar-refractivity contribution in [2.75, 3.05) is 37.0 Å². The molecule has 7 rings (SSSR count). The molecule has 0 aliphatic carbocycles. The van der Waals surface area contributed by atoms with Crippen molar-refractivity contribution in [3.05, 3.63) is 95.8 Å². The maximum atomic E-state index is 10.9. The number of imidazole rings is 2. The van der Waals surface area contributed by atoms with E-state index in [-0.39, 0.29) is 12.0 Å². The molecule has 1 aliphatic heterocycles. The molecule has 0 amide bonds. The molecule has 0 spiro atoms. The van der Waals surface area contributed by atoms with Gasteiger partial charge in [0.15, 0.2) is 0 Å². The quantitative estimate of drug-likeness (QED) is 0.148. The summed E-state index contributed by atoms with van der Waals surface area (Å²) < 4.78 is 3.96. The Morgan fingerprint density at radius 1 is 0.827 bits per heavy atom. The van der Waals surface area contributed by atoms with Gasteiger partial charge >= 0.3 is 0 Å². The van der Waals surface area contributed by atoms with E-state index in [2.05, 4.69) is 67.9 Å². The minimum absolute atomic E-state index is 0.0184. The van der Waals surface area contributed by atoms with Crippen LogP contribution in [0.25, 0.3) is 22.1 Å². The molecule has 0 saturated carbocycles.